The lowest BCUT2D eigenvalue weighted by atomic mass is 10.2. The van der Waals surface area contributed by atoms with Gasteiger partial charge in [-0.2, -0.15) is 0 Å². The molecule has 0 atom stereocenters. The number of hydrogen-bond donors (Lipinski definition) is 1. The summed E-state index contributed by atoms with van der Waals surface area (Å²) in [6.45, 7) is 0.686. The summed E-state index contributed by atoms with van der Waals surface area (Å²) in [7, 11) is 1.56. The van der Waals surface area contributed by atoms with Crippen molar-refractivity contribution in [3.8, 4) is 0 Å². The second-order valence-corrected chi connectivity index (χ2v) is 7.47. The highest BCUT2D eigenvalue weighted by molar-refractivity contribution is 7.99. The number of ether oxygens (including phenoxy) is 1. The third-order valence-electron chi connectivity index (χ3n) is 3.74. The minimum Gasteiger partial charge on any atom is -0.383 e. The molecular formula is C18H16Cl2N4O3S. The summed E-state index contributed by atoms with van der Waals surface area (Å²) in [5, 5.41) is 4.19. The Morgan fingerprint density at radius 2 is 2.11 bits per heavy atom. The molecule has 0 aliphatic heterocycles. The van der Waals surface area contributed by atoms with Gasteiger partial charge in [0.05, 0.1) is 39.9 Å². The van der Waals surface area contributed by atoms with E-state index in [1.165, 1.54) is 16.8 Å². The molecule has 0 aliphatic carbocycles. The smallest absolute Gasteiger partial charge is 0.262 e. The van der Waals surface area contributed by atoms with E-state index in [2.05, 4.69) is 15.3 Å². The minimum absolute atomic E-state index is 0.0262. The van der Waals surface area contributed by atoms with Crippen LogP contribution in [0.25, 0.3) is 10.9 Å². The van der Waals surface area contributed by atoms with Crippen molar-refractivity contribution in [1.82, 2.24) is 14.5 Å². The maximum Gasteiger partial charge on any atom is 0.262 e. The number of thioether (sulfide) groups is 1. The molecule has 0 unspecified atom stereocenters. The molecule has 2 heterocycles. The Morgan fingerprint density at radius 1 is 1.32 bits per heavy atom. The van der Waals surface area contributed by atoms with E-state index in [1.54, 1.807) is 25.3 Å². The summed E-state index contributed by atoms with van der Waals surface area (Å²) in [5.74, 6) is -0.0828. The summed E-state index contributed by atoms with van der Waals surface area (Å²) in [6.07, 6.45) is 1.39. The van der Waals surface area contributed by atoms with Crippen molar-refractivity contribution < 1.29 is 9.53 Å². The highest BCUT2D eigenvalue weighted by Gasteiger charge is 2.14. The Kier molecular flexibility index (Phi) is 6.90. The van der Waals surface area contributed by atoms with Crippen molar-refractivity contribution in [2.45, 2.75) is 11.7 Å². The van der Waals surface area contributed by atoms with Gasteiger partial charge in [-0.1, -0.05) is 47.1 Å². The lowest BCUT2D eigenvalue weighted by Crippen LogP contribution is -2.26. The molecule has 146 valence electrons. The zero-order chi connectivity index (χ0) is 20.1. The molecule has 0 bridgehead atoms. The van der Waals surface area contributed by atoms with E-state index in [0.717, 1.165) is 11.8 Å². The normalized spacial score (nSPS) is 11.0. The maximum absolute atomic E-state index is 12.8. The van der Waals surface area contributed by atoms with Gasteiger partial charge in [-0.3, -0.25) is 14.2 Å². The predicted octanol–water partition coefficient (Wildman–Crippen LogP) is 3.48. The monoisotopic (exact) mass is 438 g/mol. The van der Waals surface area contributed by atoms with Crippen LogP contribution in [0.1, 0.15) is 0 Å². The summed E-state index contributed by atoms with van der Waals surface area (Å²) < 4.78 is 6.60. The fourth-order valence-electron chi connectivity index (χ4n) is 2.44. The fraction of sp³-hybridized carbons (Fsp3) is 0.222. The molecule has 1 amide bonds. The average Bonchev–Trinajstić information content (AvgIpc) is 2.68. The van der Waals surface area contributed by atoms with Crippen molar-refractivity contribution in [3.05, 3.63) is 56.9 Å². The Balaban J connectivity index is 1.80. The number of nitrogens with one attached hydrogen (secondary N) is 1. The van der Waals surface area contributed by atoms with Gasteiger partial charge in [0.2, 0.25) is 5.91 Å². The van der Waals surface area contributed by atoms with Crippen LogP contribution in [0.3, 0.4) is 0 Å². The summed E-state index contributed by atoms with van der Waals surface area (Å²) >= 11 is 13.0. The molecule has 0 saturated carbocycles. The van der Waals surface area contributed by atoms with Crippen molar-refractivity contribution in [2.75, 3.05) is 24.8 Å². The third kappa shape index (κ3) is 4.82. The van der Waals surface area contributed by atoms with E-state index in [1.807, 2.05) is 6.07 Å². The van der Waals surface area contributed by atoms with Crippen LogP contribution < -0.4 is 10.9 Å². The van der Waals surface area contributed by atoms with Crippen LogP contribution >= 0.6 is 35.0 Å². The molecule has 3 rings (SSSR count). The Labute approximate surface area is 175 Å². The molecule has 10 heteroatoms. The standard InChI is InChI=1S/C18H16Cl2N4O3S/c1-27-7-6-24-17(26)12-4-2-3-5-14(12)22-18(24)28-10-15(25)23-16-13(20)8-11(19)9-21-16/h2-5,8-9H,6-7,10H2,1H3,(H,21,23,25). The molecule has 0 spiro atoms. The van der Waals surface area contributed by atoms with E-state index in [9.17, 15) is 9.59 Å². The van der Waals surface area contributed by atoms with E-state index in [4.69, 9.17) is 27.9 Å². The predicted molar refractivity (Wildman–Crippen MR) is 111 cm³/mol. The Morgan fingerprint density at radius 3 is 2.86 bits per heavy atom. The number of nitrogens with zero attached hydrogens (tertiary/aromatic N) is 3. The van der Waals surface area contributed by atoms with Gasteiger partial charge in [-0.15, -0.1) is 0 Å². The van der Waals surface area contributed by atoms with Crippen LogP contribution in [0, 0.1) is 0 Å². The SMILES string of the molecule is COCCn1c(SCC(=O)Nc2ncc(Cl)cc2Cl)nc2ccccc2c1=O. The number of carbonyl (C=O) groups is 1. The molecule has 0 radical (unpaired) electrons. The van der Waals surface area contributed by atoms with Crippen molar-refractivity contribution in [2.24, 2.45) is 0 Å². The highest BCUT2D eigenvalue weighted by atomic mass is 35.5. The van der Waals surface area contributed by atoms with Gasteiger partial charge in [-0.25, -0.2) is 9.97 Å². The van der Waals surface area contributed by atoms with E-state index < -0.39 is 0 Å². The quantitative estimate of drug-likeness (QED) is 0.448. The molecule has 1 aromatic carbocycles. The second kappa shape index (κ2) is 9.38. The van der Waals surface area contributed by atoms with Crippen molar-refractivity contribution >= 4 is 57.6 Å². The number of amides is 1. The third-order valence-corrected chi connectivity index (χ3v) is 5.21. The Bertz CT molecular complexity index is 1070. The zero-order valence-corrected chi connectivity index (χ0v) is 17.1. The number of hydrogen-bond acceptors (Lipinski definition) is 6. The largest absolute Gasteiger partial charge is 0.383 e. The topological polar surface area (TPSA) is 86.1 Å². The number of benzene rings is 1. The van der Waals surface area contributed by atoms with Gasteiger partial charge < -0.3 is 10.1 Å². The van der Waals surface area contributed by atoms with Crippen LogP contribution in [0.4, 0.5) is 5.82 Å². The molecule has 0 aliphatic rings. The average molecular weight is 439 g/mol. The van der Waals surface area contributed by atoms with Crippen LogP contribution in [-0.4, -0.2) is 39.9 Å². The first-order valence-electron chi connectivity index (χ1n) is 8.22. The lowest BCUT2D eigenvalue weighted by molar-refractivity contribution is -0.113. The number of halogens is 2. The molecule has 1 N–H and O–H groups in total. The van der Waals surface area contributed by atoms with E-state index in [0.29, 0.717) is 34.2 Å². The van der Waals surface area contributed by atoms with E-state index >= 15 is 0 Å². The second-order valence-electron chi connectivity index (χ2n) is 5.68. The van der Waals surface area contributed by atoms with Crippen LogP contribution in [0.5, 0.6) is 0 Å². The number of para-hydroxylation sites is 1. The first-order valence-corrected chi connectivity index (χ1v) is 9.96. The number of carbonyl (C=O) groups excluding carboxylic acids is 1. The first kappa shape index (κ1) is 20.6. The summed E-state index contributed by atoms with van der Waals surface area (Å²) in [4.78, 5) is 33.6. The van der Waals surface area contributed by atoms with Gasteiger partial charge in [0.1, 0.15) is 0 Å². The summed E-state index contributed by atoms with van der Waals surface area (Å²) in [5.41, 5.74) is 0.402. The molecular weight excluding hydrogens is 423 g/mol. The van der Waals surface area contributed by atoms with Gasteiger partial charge in [-0.05, 0) is 18.2 Å². The molecule has 2 aromatic heterocycles. The molecule has 0 saturated heterocycles. The van der Waals surface area contributed by atoms with Gasteiger partial charge in [0, 0.05) is 13.3 Å². The van der Waals surface area contributed by atoms with Crippen molar-refractivity contribution in [1.29, 1.82) is 0 Å². The number of pyridine rings is 1. The zero-order valence-electron chi connectivity index (χ0n) is 14.8. The number of methoxy groups -OCH3 is 1. The molecule has 0 fully saturated rings. The van der Waals surface area contributed by atoms with Crippen LogP contribution in [0.2, 0.25) is 10.0 Å². The fourth-order valence-corrected chi connectivity index (χ4v) is 3.70. The maximum atomic E-state index is 12.8. The Hall–Kier alpha value is -2.13. The minimum atomic E-state index is -0.331. The first-order chi connectivity index (χ1) is 13.5. The van der Waals surface area contributed by atoms with E-state index in [-0.39, 0.29) is 28.1 Å². The van der Waals surface area contributed by atoms with Crippen LogP contribution in [-0.2, 0) is 16.1 Å². The van der Waals surface area contributed by atoms with Crippen LogP contribution in [0.15, 0.2) is 46.5 Å². The summed E-state index contributed by atoms with van der Waals surface area (Å²) in [6, 6.07) is 8.58. The number of fused-ring (bicyclic) bond motifs is 1. The lowest BCUT2D eigenvalue weighted by Gasteiger charge is -2.12. The van der Waals surface area contributed by atoms with Crippen molar-refractivity contribution in [3.63, 3.8) is 0 Å². The van der Waals surface area contributed by atoms with Gasteiger partial charge >= 0.3 is 0 Å². The number of anilines is 1. The van der Waals surface area contributed by atoms with Gasteiger partial charge in [0.15, 0.2) is 11.0 Å². The molecule has 28 heavy (non-hydrogen) atoms. The highest BCUT2D eigenvalue weighted by Crippen LogP contribution is 2.23. The number of aromatic nitrogens is 3. The molecule has 3 aromatic rings. The molecule has 7 nitrogen and oxygen atoms in total. The van der Waals surface area contributed by atoms with Gasteiger partial charge in [0.25, 0.3) is 5.56 Å². The number of rotatable bonds is 7.